The quantitative estimate of drug-likeness (QED) is 0.737. The predicted octanol–water partition coefficient (Wildman–Crippen LogP) is 2.70. The van der Waals surface area contributed by atoms with Gasteiger partial charge in [0.1, 0.15) is 11.3 Å². The smallest absolute Gasteiger partial charge is 0.240 e. The van der Waals surface area contributed by atoms with Crippen molar-refractivity contribution in [2.24, 2.45) is 11.1 Å². The number of hydrogen-bond acceptors (Lipinski definition) is 4. The molecule has 2 rings (SSSR count). The third-order valence-corrected chi connectivity index (χ3v) is 5.19. The summed E-state index contributed by atoms with van der Waals surface area (Å²) in [4.78, 5) is 12.6. The number of nitrogens with one attached hydrogen (secondary N) is 1. The Bertz CT molecular complexity index is 580. The van der Waals surface area contributed by atoms with Crippen LogP contribution in [0.4, 0.5) is 0 Å². The Kier molecular flexibility index (Phi) is 7.72. The standard InChI is InChI=1S/C19H30N2O3.ClH/c1-5-23-15-10-8-7-9-14(15)11-12-21-17(22)19(20)13-16(24-6-2)18(19,3)4;/h7-10,16H,5-6,11-13,20H2,1-4H3,(H,21,22);1H. The first-order chi connectivity index (χ1) is 11.4. The Morgan fingerprint density at radius 2 is 1.96 bits per heavy atom. The highest BCUT2D eigenvalue weighted by atomic mass is 35.5. The number of ether oxygens (including phenoxy) is 2. The number of nitrogens with two attached hydrogens (primary N) is 1. The minimum atomic E-state index is -0.869. The lowest BCUT2D eigenvalue weighted by Crippen LogP contribution is -2.75. The number of benzene rings is 1. The maximum Gasteiger partial charge on any atom is 0.240 e. The predicted molar refractivity (Wildman–Crippen MR) is 102 cm³/mol. The average Bonchev–Trinajstić information content (AvgIpc) is 2.56. The van der Waals surface area contributed by atoms with Gasteiger partial charge in [0.05, 0.1) is 12.7 Å². The van der Waals surface area contributed by atoms with Gasteiger partial charge in [-0.05, 0) is 31.9 Å². The van der Waals surface area contributed by atoms with Crippen molar-refractivity contribution in [3.8, 4) is 5.75 Å². The minimum Gasteiger partial charge on any atom is -0.494 e. The van der Waals surface area contributed by atoms with Crippen LogP contribution in [0.25, 0.3) is 0 Å². The van der Waals surface area contributed by atoms with Crippen molar-refractivity contribution in [2.45, 2.75) is 52.2 Å². The van der Waals surface area contributed by atoms with Gasteiger partial charge < -0.3 is 20.5 Å². The Morgan fingerprint density at radius 3 is 2.56 bits per heavy atom. The molecule has 1 saturated carbocycles. The lowest BCUT2D eigenvalue weighted by atomic mass is 9.54. The normalized spacial score (nSPS) is 24.0. The molecule has 1 aliphatic rings. The zero-order chi connectivity index (χ0) is 17.8. The van der Waals surface area contributed by atoms with E-state index in [1.165, 1.54) is 0 Å². The van der Waals surface area contributed by atoms with E-state index in [-0.39, 0.29) is 29.8 Å². The van der Waals surface area contributed by atoms with E-state index < -0.39 is 5.54 Å². The van der Waals surface area contributed by atoms with E-state index in [0.29, 0.717) is 32.6 Å². The SMILES string of the molecule is CCOc1ccccc1CCNC(=O)C1(N)CC(OCC)C1(C)C.Cl. The molecule has 0 saturated heterocycles. The highest BCUT2D eigenvalue weighted by molar-refractivity contribution is 5.88. The molecular formula is C19H31ClN2O3. The fraction of sp³-hybridized carbons (Fsp3) is 0.632. The molecule has 1 aliphatic carbocycles. The minimum absolute atomic E-state index is 0. The van der Waals surface area contributed by atoms with Gasteiger partial charge in [-0.2, -0.15) is 0 Å². The van der Waals surface area contributed by atoms with Crippen LogP contribution in [0.15, 0.2) is 24.3 Å². The van der Waals surface area contributed by atoms with Crippen molar-refractivity contribution in [3.63, 3.8) is 0 Å². The fourth-order valence-electron chi connectivity index (χ4n) is 3.30. The molecule has 2 unspecified atom stereocenters. The van der Waals surface area contributed by atoms with Crippen molar-refractivity contribution in [2.75, 3.05) is 19.8 Å². The van der Waals surface area contributed by atoms with Crippen LogP contribution in [0.5, 0.6) is 5.75 Å². The number of para-hydroxylation sites is 1. The summed E-state index contributed by atoms with van der Waals surface area (Å²) < 4.78 is 11.3. The lowest BCUT2D eigenvalue weighted by molar-refractivity contribution is -0.170. The summed E-state index contributed by atoms with van der Waals surface area (Å²) in [5.41, 5.74) is 6.24. The zero-order valence-electron chi connectivity index (χ0n) is 15.6. The summed E-state index contributed by atoms with van der Waals surface area (Å²) in [7, 11) is 0. The van der Waals surface area contributed by atoms with Crippen LogP contribution < -0.4 is 15.8 Å². The van der Waals surface area contributed by atoms with Gasteiger partial charge in [0, 0.05) is 25.0 Å². The molecule has 1 aromatic carbocycles. The molecule has 2 atom stereocenters. The van der Waals surface area contributed by atoms with Gasteiger partial charge >= 0.3 is 0 Å². The second-order valence-corrected chi connectivity index (χ2v) is 6.89. The van der Waals surface area contributed by atoms with Crippen LogP contribution in [-0.4, -0.2) is 37.3 Å². The summed E-state index contributed by atoms with van der Waals surface area (Å²) >= 11 is 0. The molecule has 0 heterocycles. The fourth-order valence-corrected chi connectivity index (χ4v) is 3.30. The second kappa shape index (κ2) is 8.88. The van der Waals surface area contributed by atoms with Crippen LogP contribution in [0.1, 0.15) is 39.7 Å². The molecule has 0 aliphatic heterocycles. The van der Waals surface area contributed by atoms with Crippen LogP contribution >= 0.6 is 12.4 Å². The summed E-state index contributed by atoms with van der Waals surface area (Å²) in [5, 5.41) is 2.99. The maximum atomic E-state index is 12.6. The van der Waals surface area contributed by atoms with E-state index in [9.17, 15) is 4.79 Å². The highest BCUT2D eigenvalue weighted by Gasteiger charge is 2.62. The molecule has 142 valence electrons. The van der Waals surface area contributed by atoms with Gasteiger partial charge in [-0.1, -0.05) is 32.0 Å². The number of carbonyl (C=O) groups is 1. The Labute approximate surface area is 157 Å². The first-order valence-electron chi connectivity index (χ1n) is 8.76. The Balaban J connectivity index is 0.00000312. The average molecular weight is 371 g/mol. The molecule has 3 N–H and O–H groups in total. The topological polar surface area (TPSA) is 73.6 Å². The van der Waals surface area contributed by atoms with Gasteiger partial charge in [-0.3, -0.25) is 4.79 Å². The molecular weight excluding hydrogens is 340 g/mol. The molecule has 1 amide bonds. The molecule has 6 heteroatoms. The van der Waals surface area contributed by atoms with Crippen molar-refractivity contribution in [1.82, 2.24) is 5.32 Å². The van der Waals surface area contributed by atoms with E-state index in [2.05, 4.69) is 5.32 Å². The zero-order valence-corrected chi connectivity index (χ0v) is 16.4. The molecule has 1 aromatic rings. The molecule has 1 fully saturated rings. The Morgan fingerprint density at radius 1 is 1.28 bits per heavy atom. The van der Waals surface area contributed by atoms with E-state index in [1.807, 2.05) is 52.0 Å². The molecule has 25 heavy (non-hydrogen) atoms. The highest BCUT2D eigenvalue weighted by Crippen LogP contribution is 2.49. The van der Waals surface area contributed by atoms with Gasteiger partial charge in [0.25, 0.3) is 0 Å². The van der Waals surface area contributed by atoms with Crippen LogP contribution in [0, 0.1) is 5.41 Å². The molecule has 5 nitrogen and oxygen atoms in total. The van der Waals surface area contributed by atoms with Crippen LogP contribution in [-0.2, 0) is 16.0 Å². The first-order valence-corrected chi connectivity index (χ1v) is 8.76. The third-order valence-electron chi connectivity index (χ3n) is 5.19. The summed E-state index contributed by atoms with van der Waals surface area (Å²) in [5.74, 6) is 0.773. The van der Waals surface area contributed by atoms with Gasteiger partial charge in [-0.25, -0.2) is 0 Å². The number of hydrogen-bond donors (Lipinski definition) is 2. The summed E-state index contributed by atoms with van der Waals surface area (Å²) in [6.07, 6.45) is 1.32. The number of amides is 1. The van der Waals surface area contributed by atoms with Crippen molar-refractivity contribution >= 4 is 18.3 Å². The van der Waals surface area contributed by atoms with Gasteiger partial charge in [-0.15, -0.1) is 12.4 Å². The van der Waals surface area contributed by atoms with Crippen LogP contribution in [0.3, 0.4) is 0 Å². The first kappa shape index (κ1) is 21.7. The summed E-state index contributed by atoms with van der Waals surface area (Å²) in [6.45, 7) is 9.73. The molecule has 0 spiro atoms. The number of rotatable bonds is 8. The lowest BCUT2D eigenvalue weighted by Gasteiger charge is -2.57. The third kappa shape index (κ3) is 4.27. The Hall–Kier alpha value is -1.30. The van der Waals surface area contributed by atoms with E-state index in [0.717, 1.165) is 11.3 Å². The monoisotopic (exact) mass is 370 g/mol. The van der Waals surface area contributed by atoms with Gasteiger partial charge in [0.2, 0.25) is 5.91 Å². The van der Waals surface area contributed by atoms with E-state index in [1.54, 1.807) is 0 Å². The maximum absolute atomic E-state index is 12.6. The number of carbonyl (C=O) groups excluding carboxylic acids is 1. The molecule has 0 bridgehead atoms. The molecule has 0 radical (unpaired) electrons. The van der Waals surface area contributed by atoms with Crippen molar-refractivity contribution in [1.29, 1.82) is 0 Å². The van der Waals surface area contributed by atoms with E-state index in [4.69, 9.17) is 15.2 Å². The largest absolute Gasteiger partial charge is 0.494 e. The second-order valence-electron chi connectivity index (χ2n) is 6.89. The van der Waals surface area contributed by atoms with Crippen molar-refractivity contribution in [3.05, 3.63) is 29.8 Å². The van der Waals surface area contributed by atoms with Gasteiger partial charge in [0.15, 0.2) is 0 Å². The number of halogens is 1. The molecule has 0 aromatic heterocycles. The van der Waals surface area contributed by atoms with E-state index >= 15 is 0 Å². The van der Waals surface area contributed by atoms with Crippen molar-refractivity contribution < 1.29 is 14.3 Å². The summed E-state index contributed by atoms with van der Waals surface area (Å²) in [6, 6.07) is 7.90. The van der Waals surface area contributed by atoms with Crippen LogP contribution in [0.2, 0.25) is 0 Å².